The average Bonchev–Trinajstić information content (AvgIpc) is 2.66. The van der Waals surface area contributed by atoms with Gasteiger partial charge >= 0.3 is 6.03 Å². The molecule has 1 aromatic rings. The van der Waals surface area contributed by atoms with Crippen molar-refractivity contribution in [3.05, 3.63) is 12.3 Å². The quantitative estimate of drug-likeness (QED) is 0.654. The SMILES string of the molecule is CC(C)n1nccc1NC(=O)NCCCO. The Labute approximate surface area is 94.6 Å². The van der Waals surface area contributed by atoms with E-state index in [0.717, 1.165) is 0 Å². The predicted octanol–water partition coefficient (Wildman–Crippen LogP) is 0.968. The van der Waals surface area contributed by atoms with E-state index in [9.17, 15) is 4.79 Å². The van der Waals surface area contributed by atoms with Crippen LogP contribution in [0.25, 0.3) is 0 Å². The molecule has 0 aliphatic heterocycles. The summed E-state index contributed by atoms with van der Waals surface area (Å²) in [4.78, 5) is 11.4. The molecule has 0 aromatic carbocycles. The van der Waals surface area contributed by atoms with Crippen molar-refractivity contribution in [1.82, 2.24) is 15.1 Å². The van der Waals surface area contributed by atoms with Crippen LogP contribution in [0.5, 0.6) is 0 Å². The fourth-order valence-electron chi connectivity index (χ4n) is 1.27. The first-order valence-electron chi connectivity index (χ1n) is 5.34. The van der Waals surface area contributed by atoms with E-state index in [-0.39, 0.29) is 18.7 Å². The second-order valence-corrected chi connectivity index (χ2v) is 3.71. The van der Waals surface area contributed by atoms with Gasteiger partial charge in [-0.2, -0.15) is 5.10 Å². The van der Waals surface area contributed by atoms with Crippen LogP contribution in [-0.2, 0) is 0 Å². The molecule has 16 heavy (non-hydrogen) atoms. The van der Waals surface area contributed by atoms with E-state index in [4.69, 9.17) is 5.11 Å². The molecule has 3 N–H and O–H groups in total. The lowest BCUT2D eigenvalue weighted by Crippen LogP contribution is -2.31. The Hall–Kier alpha value is -1.56. The number of nitrogens with one attached hydrogen (secondary N) is 2. The highest BCUT2D eigenvalue weighted by atomic mass is 16.3. The van der Waals surface area contributed by atoms with E-state index in [2.05, 4.69) is 15.7 Å². The van der Waals surface area contributed by atoms with E-state index < -0.39 is 0 Å². The lowest BCUT2D eigenvalue weighted by molar-refractivity contribution is 0.248. The van der Waals surface area contributed by atoms with Crippen LogP contribution in [0, 0.1) is 0 Å². The average molecular weight is 226 g/mol. The first kappa shape index (κ1) is 12.5. The Morgan fingerprint density at radius 2 is 2.38 bits per heavy atom. The lowest BCUT2D eigenvalue weighted by Gasteiger charge is -2.12. The summed E-state index contributed by atoms with van der Waals surface area (Å²) in [5.74, 6) is 0.663. The van der Waals surface area contributed by atoms with Crippen LogP contribution >= 0.6 is 0 Å². The Balaban J connectivity index is 2.46. The van der Waals surface area contributed by atoms with Crippen molar-refractivity contribution in [1.29, 1.82) is 0 Å². The molecule has 90 valence electrons. The molecular formula is C10H18N4O2. The standard InChI is InChI=1S/C10H18N4O2/c1-8(2)14-9(4-6-12-14)13-10(16)11-5-3-7-15/h4,6,8,15H,3,5,7H2,1-2H3,(H2,11,13,16). The summed E-state index contributed by atoms with van der Waals surface area (Å²) in [5, 5.41) is 18.0. The van der Waals surface area contributed by atoms with Gasteiger partial charge in [0.2, 0.25) is 0 Å². The highest BCUT2D eigenvalue weighted by Gasteiger charge is 2.08. The molecule has 0 fully saturated rings. The van der Waals surface area contributed by atoms with Crippen LogP contribution in [0.15, 0.2) is 12.3 Å². The number of rotatable bonds is 5. The van der Waals surface area contributed by atoms with Gasteiger partial charge in [-0.15, -0.1) is 0 Å². The number of amides is 2. The van der Waals surface area contributed by atoms with Crippen molar-refractivity contribution in [2.75, 3.05) is 18.5 Å². The maximum atomic E-state index is 11.4. The fraction of sp³-hybridized carbons (Fsp3) is 0.600. The minimum absolute atomic E-state index is 0.0736. The van der Waals surface area contributed by atoms with E-state index in [1.165, 1.54) is 0 Å². The molecule has 6 heteroatoms. The molecule has 0 aliphatic rings. The molecule has 0 radical (unpaired) electrons. The van der Waals surface area contributed by atoms with Crippen LogP contribution in [0.1, 0.15) is 26.3 Å². The summed E-state index contributed by atoms with van der Waals surface area (Å²) in [6, 6.07) is 1.66. The maximum Gasteiger partial charge on any atom is 0.320 e. The Bertz CT molecular complexity index is 335. The predicted molar refractivity (Wildman–Crippen MR) is 61.3 cm³/mol. The molecule has 0 saturated heterocycles. The molecule has 2 amide bonds. The van der Waals surface area contributed by atoms with Gasteiger partial charge < -0.3 is 10.4 Å². The second kappa shape index (κ2) is 6.12. The molecule has 1 heterocycles. The summed E-state index contributed by atoms with van der Waals surface area (Å²) in [7, 11) is 0. The molecular weight excluding hydrogens is 208 g/mol. The highest BCUT2D eigenvalue weighted by Crippen LogP contribution is 2.12. The van der Waals surface area contributed by atoms with Crippen molar-refractivity contribution in [3.63, 3.8) is 0 Å². The monoisotopic (exact) mass is 226 g/mol. The van der Waals surface area contributed by atoms with Gasteiger partial charge in [0.05, 0.1) is 6.20 Å². The van der Waals surface area contributed by atoms with Gasteiger partial charge in [-0.1, -0.05) is 0 Å². The Kier molecular flexibility index (Phi) is 4.78. The van der Waals surface area contributed by atoms with Gasteiger partial charge in [0.15, 0.2) is 0 Å². The molecule has 1 aromatic heterocycles. The largest absolute Gasteiger partial charge is 0.396 e. The Morgan fingerprint density at radius 3 is 3.00 bits per heavy atom. The number of carbonyl (C=O) groups is 1. The van der Waals surface area contributed by atoms with Crippen molar-refractivity contribution < 1.29 is 9.90 Å². The van der Waals surface area contributed by atoms with Crippen molar-refractivity contribution in [3.8, 4) is 0 Å². The maximum absolute atomic E-state index is 11.4. The first-order valence-corrected chi connectivity index (χ1v) is 5.34. The molecule has 0 spiro atoms. The number of aromatic nitrogens is 2. The molecule has 0 unspecified atom stereocenters. The van der Waals surface area contributed by atoms with Gasteiger partial charge in [0.25, 0.3) is 0 Å². The van der Waals surface area contributed by atoms with Gasteiger partial charge in [-0.3, -0.25) is 5.32 Å². The van der Waals surface area contributed by atoms with Gasteiger partial charge in [0, 0.05) is 25.3 Å². The molecule has 0 bridgehead atoms. The molecule has 1 rings (SSSR count). The number of hydrogen-bond acceptors (Lipinski definition) is 3. The smallest absolute Gasteiger partial charge is 0.320 e. The lowest BCUT2D eigenvalue weighted by atomic mass is 10.4. The number of nitrogens with zero attached hydrogens (tertiary/aromatic N) is 2. The van der Waals surface area contributed by atoms with E-state index in [1.54, 1.807) is 16.9 Å². The van der Waals surface area contributed by atoms with E-state index in [0.29, 0.717) is 18.8 Å². The third-order valence-corrected chi connectivity index (χ3v) is 2.02. The van der Waals surface area contributed by atoms with E-state index in [1.807, 2.05) is 13.8 Å². The number of aliphatic hydroxyl groups excluding tert-OH is 1. The minimum Gasteiger partial charge on any atom is -0.396 e. The number of urea groups is 1. The third kappa shape index (κ3) is 3.54. The normalized spacial score (nSPS) is 10.5. The number of hydrogen-bond donors (Lipinski definition) is 3. The summed E-state index contributed by atoms with van der Waals surface area (Å²) in [6.07, 6.45) is 2.19. The van der Waals surface area contributed by atoms with Crippen molar-refractivity contribution in [2.45, 2.75) is 26.3 Å². The van der Waals surface area contributed by atoms with Crippen molar-refractivity contribution in [2.24, 2.45) is 0 Å². The molecule has 0 atom stereocenters. The van der Waals surface area contributed by atoms with Crippen molar-refractivity contribution >= 4 is 11.8 Å². The third-order valence-electron chi connectivity index (χ3n) is 2.02. The topological polar surface area (TPSA) is 79.2 Å². The highest BCUT2D eigenvalue weighted by molar-refractivity contribution is 5.88. The molecule has 0 aliphatic carbocycles. The summed E-state index contributed by atoms with van der Waals surface area (Å²) < 4.78 is 1.73. The van der Waals surface area contributed by atoms with Crippen LogP contribution in [0.2, 0.25) is 0 Å². The second-order valence-electron chi connectivity index (χ2n) is 3.71. The van der Waals surface area contributed by atoms with Gasteiger partial charge in [-0.25, -0.2) is 9.48 Å². The summed E-state index contributed by atoms with van der Waals surface area (Å²) in [5.41, 5.74) is 0. The molecule has 6 nitrogen and oxygen atoms in total. The molecule has 0 saturated carbocycles. The zero-order valence-corrected chi connectivity index (χ0v) is 9.60. The van der Waals surface area contributed by atoms with E-state index >= 15 is 0 Å². The summed E-state index contributed by atoms with van der Waals surface area (Å²) >= 11 is 0. The van der Waals surface area contributed by atoms with Crippen LogP contribution in [0.3, 0.4) is 0 Å². The zero-order valence-electron chi connectivity index (χ0n) is 9.60. The van der Waals surface area contributed by atoms with Gasteiger partial charge in [0.1, 0.15) is 5.82 Å². The number of aliphatic hydroxyl groups is 1. The first-order chi connectivity index (χ1) is 7.65. The van der Waals surface area contributed by atoms with Gasteiger partial charge in [-0.05, 0) is 20.3 Å². The Morgan fingerprint density at radius 1 is 1.62 bits per heavy atom. The fourth-order valence-corrected chi connectivity index (χ4v) is 1.27. The number of carbonyl (C=O) groups excluding carboxylic acids is 1. The summed E-state index contributed by atoms with van der Waals surface area (Å²) in [6.45, 7) is 4.51. The van der Waals surface area contributed by atoms with Crippen LogP contribution in [-0.4, -0.2) is 34.1 Å². The number of anilines is 1. The van der Waals surface area contributed by atoms with Crippen LogP contribution in [0.4, 0.5) is 10.6 Å². The zero-order chi connectivity index (χ0) is 12.0. The minimum atomic E-state index is -0.282. The van der Waals surface area contributed by atoms with Crippen LogP contribution < -0.4 is 10.6 Å².